The highest BCUT2D eigenvalue weighted by Gasteiger charge is 2.35. The average molecular weight is 572 g/mol. The number of nitrogens with zero attached hydrogens (tertiary/aromatic N) is 3. The second kappa shape index (κ2) is 11.6. The molecule has 0 atom stereocenters. The Morgan fingerprint density at radius 1 is 0.950 bits per heavy atom. The van der Waals surface area contributed by atoms with Gasteiger partial charge in [-0.2, -0.15) is 0 Å². The fourth-order valence-electron chi connectivity index (χ4n) is 3.82. The molecule has 0 spiro atoms. The largest absolute Gasteiger partial charge is 0.298 e. The molecule has 11 heteroatoms. The number of thioether (sulfide) groups is 1. The van der Waals surface area contributed by atoms with Gasteiger partial charge in [-0.3, -0.25) is 24.6 Å². The van der Waals surface area contributed by atoms with Crippen LogP contribution in [-0.2, 0) is 4.79 Å². The van der Waals surface area contributed by atoms with Crippen LogP contribution >= 0.6 is 23.1 Å². The van der Waals surface area contributed by atoms with Crippen LogP contribution < -0.4 is 15.6 Å². The van der Waals surface area contributed by atoms with Crippen molar-refractivity contribution in [2.24, 2.45) is 5.10 Å². The highest BCUT2D eigenvalue weighted by atomic mass is 32.2. The molecule has 1 fully saturated rings. The van der Waals surface area contributed by atoms with Crippen molar-refractivity contribution >= 4 is 62.9 Å². The molecule has 8 nitrogen and oxygen atoms in total. The predicted molar refractivity (Wildman–Crippen MR) is 157 cm³/mol. The highest BCUT2D eigenvalue weighted by Crippen LogP contribution is 2.36. The molecule has 0 bridgehead atoms. The van der Waals surface area contributed by atoms with E-state index in [-0.39, 0.29) is 26.6 Å². The number of thiazole rings is 1. The van der Waals surface area contributed by atoms with Crippen LogP contribution in [0, 0.1) is 19.7 Å². The first kappa shape index (κ1) is 27.0. The number of carbonyl (C=O) groups excluding carboxylic acids is 3. The van der Waals surface area contributed by atoms with Crippen molar-refractivity contribution in [3.05, 3.63) is 117 Å². The minimum Gasteiger partial charge on any atom is -0.298 e. The summed E-state index contributed by atoms with van der Waals surface area (Å²) < 4.78 is 13.2. The van der Waals surface area contributed by atoms with Crippen molar-refractivity contribution < 1.29 is 18.8 Å². The number of halogens is 1. The van der Waals surface area contributed by atoms with E-state index in [2.05, 4.69) is 20.8 Å². The number of hydrazone groups is 1. The average Bonchev–Trinajstić information content (AvgIpc) is 3.47. The maximum absolute atomic E-state index is 13.4. The molecule has 3 aromatic carbocycles. The van der Waals surface area contributed by atoms with Crippen LogP contribution in [-0.4, -0.2) is 27.9 Å². The smallest absolute Gasteiger partial charge is 0.283 e. The molecule has 1 saturated heterocycles. The molecule has 2 N–H and O–H groups in total. The number of anilines is 2. The van der Waals surface area contributed by atoms with Crippen LogP contribution in [0.15, 0.2) is 88.9 Å². The van der Waals surface area contributed by atoms with E-state index in [1.54, 1.807) is 19.1 Å². The molecule has 0 unspecified atom stereocenters. The zero-order valence-electron chi connectivity index (χ0n) is 21.3. The Hall–Kier alpha value is -4.61. The van der Waals surface area contributed by atoms with Crippen molar-refractivity contribution in [2.45, 2.75) is 13.8 Å². The Morgan fingerprint density at radius 3 is 2.38 bits per heavy atom. The quantitative estimate of drug-likeness (QED) is 0.219. The van der Waals surface area contributed by atoms with Gasteiger partial charge in [-0.05, 0) is 79.2 Å². The summed E-state index contributed by atoms with van der Waals surface area (Å²) >= 11 is 2.14. The van der Waals surface area contributed by atoms with E-state index in [9.17, 15) is 18.8 Å². The number of amidine groups is 1. The second-order valence-electron chi connectivity index (χ2n) is 8.67. The van der Waals surface area contributed by atoms with Gasteiger partial charge in [0.15, 0.2) is 10.3 Å². The normalized spacial score (nSPS) is 15.1. The van der Waals surface area contributed by atoms with E-state index in [1.165, 1.54) is 29.2 Å². The predicted octanol–water partition coefficient (Wildman–Crippen LogP) is 5.97. The van der Waals surface area contributed by atoms with Crippen LogP contribution in [0.3, 0.4) is 0 Å². The Labute approximate surface area is 237 Å². The number of aryl methyl sites for hydroxylation is 2. The number of amides is 3. The van der Waals surface area contributed by atoms with Crippen LogP contribution in [0.4, 0.5) is 15.2 Å². The summed E-state index contributed by atoms with van der Waals surface area (Å²) in [6.07, 6.45) is 1.81. The second-order valence-corrected chi connectivity index (χ2v) is 10.7. The number of para-hydroxylation sites is 1. The lowest BCUT2D eigenvalue weighted by molar-refractivity contribution is -0.113. The molecule has 2 heterocycles. The molecule has 1 aromatic heterocycles. The lowest BCUT2D eigenvalue weighted by Crippen LogP contribution is -2.31. The molecular formula is C29H22FN5O3S2. The zero-order chi connectivity index (χ0) is 28.2. The summed E-state index contributed by atoms with van der Waals surface area (Å²) in [5.41, 5.74) is 5.72. The summed E-state index contributed by atoms with van der Waals surface area (Å²) in [4.78, 5) is 45.3. The van der Waals surface area contributed by atoms with Crippen molar-refractivity contribution in [1.82, 2.24) is 10.4 Å². The third-order valence-electron chi connectivity index (χ3n) is 5.88. The topological polar surface area (TPSA) is 104 Å². The van der Waals surface area contributed by atoms with Gasteiger partial charge >= 0.3 is 0 Å². The Morgan fingerprint density at radius 2 is 1.65 bits per heavy atom. The monoisotopic (exact) mass is 571 g/mol. The summed E-state index contributed by atoms with van der Waals surface area (Å²) in [6, 6.07) is 21.9. The van der Waals surface area contributed by atoms with Gasteiger partial charge < -0.3 is 0 Å². The van der Waals surface area contributed by atoms with Gasteiger partial charge in [-0.25, -0.2) is 14.8 Å². The standard InChI is InChI=1S/C29H22FN5O3S2/c1-17-8-6-7-9-20(17)16-23-27(38)35(22-10-4-3-5-11-22)29(39-23)34-33-26(37)24-18(2)31-28(40-24)32-25(36)19-12-14-21(30)15-13-19/h3-16H,1-2H3,(H,33,37)(H,31,32,36)/b23-16+,34-29+. The number of hydrogen-bond donors (Lipinski definition) is 2. The molecule has 0 saturated carbocycles. The molecule has 5 rings (SSSR count). The van der Waals surface area contributed by atoms with Crippen molar-refractivity contribution in [2.75, 3.05) is 10.2 Å². The van der Waals surface area contributed by atoms with Crippen LogP contribution in [0.25, 0.3) is 6.08 Å². The van der Waals surface area contributed by atoms with E-state index < -0.39 is 17.6 Å². The molecule has 0 radical (unpaired) electrons. The van der Waals surface area contributed by atoms with Gasteiger partial charge in [0, 0.05) is 5.56 Å². The van der Waals surface area contributed by atoms with E-state index in [0.29, 0.717) is 16.3 Å². The maximum Gasteiger partial charge on any atom is 0.283 e. The summed E-state index contributed by atoms with van der Waals surface area (Å²) in [6.45, 7) is 3.60. The fraction of sp³-hybridized carbons (Fsp3) is 0.0690. The lowest BCUT2D eigenvalue weighted by Gasteiger charge is -2.15. The Kier molecular flexibility index (Phi) is 7.85. The number of aromatic nitrogens is 1. The van der Waals surface area contributed by atoms with Crippen molar-refractivity contribution in [3.8, 4) is 0 Å². The van der Waals surface area contributed by atoms with E-state index >= 15 is 0 Å². The fourth-order valence-corrected chi connectivity index (χ4v) is 5.61. The third kappa shape index (κ3) is 5.85. The first-order valence-corrected chi connectivity index (χ1v) is 13.7. The van der Waals surface area contributed by atoms with Crippen molar-refractivity contribution in [3.63, 3.8) is 0 Å². The first-order valence-electron chi connectivity index (χ1n) is 12.1. The number of rotatable bonds is 6. The van der Waals surface area contributed by atoms with Gasteiger partial charge in [0.1, 0.15) is 10.7 Å². The number of benzene rings is 3. The van der Waals surface area contributed by atoms with Crippen molar-refractivity contribution in [1.29, 1.82) is 0 Å². The van der Waals surface area contributed by atoms with E-state index in [4.69, 9.17) is 0 Å². The molecule has 1 aliphatic rings. The Balaban J connectivity index is 1.37. The van der Waals surface area contributed by atoms with Crippen LogP contribution in [0.5, 0.6) is 0 Å². The van der Waals surface area contributed by atoms with Gasteiger partial charge in [0.25, 0.3) is 17.7 Å². The lowest BCUT2D eigenvalue weighted by atomic mass is 10.1. The molecule has 0 aliphatic carbocycles. The zero-order valence-corrected chi connectivity index (χ0v) is 23.0. The van der Waals surface area contributed by atoms with Crippen LogP contribution in [0.2, 0.25) is 0 Å². The van der Waals surface area contributed by atoms with Crippen LogP contribution in [0.1, 0.15) is 36.9 Å². The maximum atomic E-state index is 13.4. The summed E-state index contributed by atoms with van der Waals surface area (Å²) in [5.74, 6) is -1.73. The minimum absolute atomic E-state index is 0.212. The molecule has 200 valence electrons. The van der Waals surface area contributed by atoms with Gasteiger partial charge in [0.05, 0.1) is 16.3 Å². The van der Waals surface area contributed by atoms with E-state index in [0.717, 1.165) is 34.2 Å². The van der Waals surface area contributed by atoms with Gasteiger partial charge in [-0.15, -0.1) is 5.10 Å². The molecule has 3 amide bonds. The summed E-state index contributed by atoms with van der Waals surface area (Å²) in [7, 11) is 0. The minimum atomic E-state index is -0.540. The number of carbonyl (C=O) groups is 3. The molecule has 4 aromatic rings. The number of hydrogen-bond acceptors (Lipinski definition) is 7. The SMILES string of the molecule is Cc1ccccc1/C=C1/S/C(=N/NC(=O)c2sc(NC(=O)c3ccc(F)cc3)nc2C)N(c2ccccc2)C1=O. The van der Waals surface area contributed by atoms with Gasteiger partial charge in [0.2, 0.25) is 0 Å². The van der Waals surface area contributed by atoms with E-state index in [1.807, 2.05) is 55.5 Å². The number of nitrogens with one attached hydrogen (secondary N) is 2. The van der Waals surface area contributed by atoms with Gasteiger partial charge in [-0.1, -0.05) is 53.8 Å². The highest BCUT2D eigenvalue weighted by molar-refractivity contribution is 8.19. The molecular weight excluding hydrogens is 549 g/mol. The molecule has 40 heavy (non-hydrogen) atoms. The molecule has 1 aliphatic heterocycles. The Bertz CT molecular complexity index is 1670. The third-order valence-corrected chi connectivity index (χ3v) is 7.92. The summed E-state index contributed by atoms with van der Waals surface area (Å²) in [5, 5.41) is 7.41. The first-order chi connectivity index (χ1) is 19.3.